The molecule has 0 aliphatic heterocycles. The lowest BCUT2D eigenvalue weighted by atomic mass is 10.00. The molecule has 0 rings (SSSR count). The molecule has 0 bridgehead atoms. The topological polar surface area (TPSA) is 84.6 Å². The highest BCUT2D eigenvalue weighted by Crippen LogP contribution is 2.05. The zero-order valence-electron chi connectivity index (χ0n) is 8.07. The van der Waals surface area contributed by atoms with E-state index in [0.717, 1.165) is 0 Å². The molecule has 0 radical (unpaired) electrons. The highest BCUT2D eigenvalue weighted by molar-refractivity contribution is 6.34. The second kappa shape index (κ2) is 5.29. The van der Waals surface area contributed by atoms with Gasteiger partial charge in [-0.25, -0.2) is 5.43 Å². The Hall–Kier alpha value is -1.39. The number of rotatable bonds is 3. The summed E-state index contributed by atoms with van der Waals surface area (Å²) in [5.74, 6) is -1.25. The van der Waals surface area contributed by atoms with E-state index in [1.165, 1.54) is 0 Å². The van der Waals surface area contributed by atoms with Crippen LogP contribution in [0.15, 0.2) is 5.10 Å². The SMILES string of the molecule is CC(C)[C@H](C)/C=N/NC(=O)C(N)=O. The van der Waals surface area contributed by atoms with E-state index >= 15 is 0 Å². The third kappa shape index (κ3) is 4.95. The number of carbonyl (C=O) groups excluding carboxylic acids is 2. The first-order chi connectivity index (χ1) is 5.95. The monoisotopic (exact) mass is 185 g/mol. The molecule has 0 unspecified atom stereocenters. The summed E-state index contributed by atoms with van der Waals surface area (Å²) in [6.07, 6.45) is 1.57. The van der Waals surface area contributed by atoms with Crippen LogP contribution in [0, 0.1) is 11.8 Å². The van der Waals surface area contributed by atoms with E-state index in [0.29, 0.717) is 5.92 Å². The zero-order chi connectivity index (χ0) is 10.4. The van der Waals surface area contributed by atoms with Gasteiger partial charge >= 0.3 is 11.8 Å². The highest BCUT2D eigenvalue weighted by atomic mass is 16.2. The Bertz CT molecular complexity index is 223. The molecule has 0 aromatic carbocycles. The van der Waals surface area contributed by atoms with E-state index < -0.39 is 11.8 Å². The fraction of sp³-hybridized carbons (Fsp3) is 0.625. The molecule has 0 saturated heterocycles. The van der Waals surface area contributed by atoms with Gasteiger partial charge in [-0.2, -0.15) is 5.10 Å². The molecule has 13 heavy (non-hydrogen) atoms. The van der Waals surface area contributed by atoms with E-state index in [9.17, 15) is 9.59 Å². The summed E-state index contributed by atoms with van der Waals surface area (Å²) < 4.78 is 0. The Morgan fingerprint density at radius 2 is 1.92 bits per heavy atom. The molecule has 0 saturated carbocycles. The molecule has 0 aromatic heterocycles. The van der Waals surface area contributed by atoms with Gasteiger partial charge in [-0.3, -0.25) is 9.59 Å². The maximum absolute atomic E-state index is 10.6. The van der Waals surface area contributed by atoms with Crippen molar-refractivity contribution in [3.05, 3.63) is 0 Å². The Balaban J connectivity index is 3.88. The highest BCUT2D eigenvalue weighted by Gasteiger charge is 2.06. The number of hydrogen-bond acceptors (Lipinski definition) is 3. The van der Waals surface area contributed by atoms with E-state index in [1.54, 1.807) is 6.21 Å². The molecular formula is C8H15N3O2. The maximum atomic E-state index is 10.6. The molecular weight excluding hydrogens is 170 g/mol. The van der Waals surface area contributed by atoms with Crippen molar-refractivity contribution in [2.45, 2.75) is 20.8 Å². The van der Waals surface area contributed by atoms with E-state index in [-0.39, 0.29) is 5.92 Å². The smallest absolute Gasteiger partial charge is 0.329 e. The van der Waals surface area contributed by atoms with Crippen molar-refractivity contribution in [2.75, 3.05) is 0 Å². The summed E-state index contributed by atoms with van der Waals surface area (Å²) in [6, 6.07) is 0. The van der Waals surface area contributed by atoms with Crippen molar-refractivity contribution in [1.29, 1.82) is 0 Å². The first-order valence-electron chi connectivity index (χ1n) is 4.08. The molecule has 3 N–H and O–H groups in total. The van der Waals surface area contributed by atoms with Gasteiger partial charge in [0.1, 0.15) is 0 Å². The first-order valence-corrected chi connectivity index (χ1v) is 4.08. The quantitative estimate of drug-likeness (QED) is 0.364. The minimum Gasteiger partial charge on any atom is -0.361 e. The lowest BCUT2D eigenvalue weighted by Gasteiger charge is -2.08. The Kier molecular flexibility index (Phi) is 4.72. The third-order valence-corrected chi connectivity index (χ3v) is 1.75. The molecule has 5 heteroatoms. The average molecular weight is 185 g/mol. The van der Waals surface area contributed by atoms with Gasteiger partial charge in [-0.1, -0.05) is 20.8 Å². The van der Waals surface area contributed by atoms with Crippen LogP contribution in [0.2, 0.25) is 0 Å². The molecule has 0 aromatic rings. The molecule has 0 aliphatic carbocycles. The molecule has 2 amide bonds. The number of nitrogens with zero attached hydrogens (tertiary/aromatic N) is 1. The van der Waals surface area contributed by atoms with E-state index in [1.807, 2.05) is 26.2 Å². The van der Waals surface area contributed by atoms with E-state index in [4.69, 9.17) is 0 Å². The van der Waals surface area contributed by atoms with Gasteiger partial charge < -0.3 is 5.73 Å². The van der Waals surface area contributed by atoms with Crippen LogP contribution in [-0.2, 0) is 9.59 Å². The van der Waals surface area contributed by atoms with Gasteiger partial charge in [0.15, 0.2) is 0 Å². The van der Waals surface area contributed by atoms with Crippen molar-refractivity contribution >= 4 is 18.0 Å². The number of hydrazone groups is 1. The standard InChI is InChI=1S/C8H15N3O2/c1-5(2)6(3)4-10-11-8(13)7(9)12/h4-6H,1-3H3,(H2,9,12)(H,11,13)/b10-4+/t6-/m1/s1. The molecule has 1 atom stereocenters. The van der Waals surface area contributed by atoms with Crippen molar-refractivity contribution in [3.8, 4) is 0 Å². The summed E-state index contributed by atoms with van der Waals surface area (Å²) in [7, 11) is 0. The molecule has 0 heterocycles. The van der Waals surface area contributed by atoms with Gasteiger partial charge in [0.05, 0.1) is 0 Å². The minimum atomic E-state index is -1.03. The normalized spacial score (nSPS) is 13.2. The largest absolute Gasteiger partial charge is 0.361 e. The lowest BCUT2D eigenvalue weighted by Crippen LogP contribution is -2.33. The second-order valence-corrected chi connectivity index (χ2v) is 3.19. The Morgan fingerprint density at radius 3 is 2.31 bits per heavy atom. The number of carbonyl (C=O) groups is 2. The summed E-state index contributed by atoms with van der Waals surface area (Å²) in [5.41, 5.74) is 6.71. The fourth-order valence-corrected chi connectivity index (χ4v) is 0.441. The number of nitrogens with two attached hydrogens (primary N) is 1. The third-order valence-electron chi connectivity index (χ3n) is 1.75. The molecule has 74 valence electrons. The van der Waals surface area contributed by atoms with Crippen molar-refractivity contribution in [2.24, 2.45) is 22.7 Å². The zero-order valence-corrected chi connectivity index (χ0v) is 8.07. The summed E-state index contributed by atoms with van der Waals surface area (Å²) >= 11 is 0. The second-order valence-electron chi connectivity index (χ2n) is 3.19. The van der Waals surface area contributed by atoms with Crippen LogP contribution < -0.4 is 11.2 Å². The van der Waals surface area contributed by atoms with Gasteiger partial charge in [0.25, 0.3) is 0 Å². The Labute approximate surface area is 77.4 Å². The van der Waals surface area contributed by atoms with Crippen LogP contribution in [0.5, 0.6) is 0 Å². The first kappa shape index (κ1) is 11.6. The van der Waals surface area contributed by atoms with Crippen LogP contribution in [0.4, 0.5) is 0 Å². The van der Waals surface area contributed by atoms with Crippen LogP contribution in [0.1, 0.15) is 20.8 Å². The van der Waals surface area contributed by atoms with Crippen LogP contribution >= 0.6 is 0 Å². The van der Waals surface area contributed by atoms with Crippen molar-refractivity contribution in [3.63, 3.8) is 0 Å². The summed E-state index contributed by atoms with van der Waals surface area (Å²) in [5, 5.41) is 3.59. The number of hydrogen-bond donors (Lipinski definition) is 2. The number of nitrogens with one attached hydrogen (secondary N) is 1. The Morgan fingerprint density at radius 1 is 1.38 bits per heavy atom. The molecule has 0 spiro atoms. The molecule has 0 fully saturated rings. The van der Waals surface area contributed by atoms with E-state index in [2.05, 4.69) is 10.8 Å². The van der Waals surface area contributed by atoms with Crippen molar-refractivity contribution < 1.29 is 9.59 Å². The van der Waals surface area contributed by atoms with Gasteiger partial charge in [-0.15, -0.1) is 0 Å². The van der Waals surface area contributed by atoms with Gasteiger partial charge in [-0.05, 0) is 11.8 Å². The predicted molar refractivity (Wildman–Crippen MR) is 49.8 cm³/mol. The fourth-order valence-electron chi connectivity index (χ4n) is 0.441. The molecule has 5 nitrogen and oxygen atoms in total. The van der Waals surface area contributed by atoms with Crippen LogP contribution in [-0.4, -0.2) is 18.0 Å². The van der Waals surface area contributed by atoms with Gasteiger partial charge in [0, 0.05) is 6.21 Å². The van der Waals surface area contributed by atoms with Crippen molar-refractivity contribution in [1.82, 2.24) is 5.43 Å². The number of primary amides is 1. The summed E-state index contributed by atoms with van der Waals surface area (Å²) in [4.78, 5) is 20.8. The molecule has 0 aliphatic rings. The van der Waals surface area contributed by atoms with Crippen LogP contribution in [0.25, 0.3) is 0 Å². The lowest BCUT2D eigenvalue weighted by molar-refractivity contribution is -0.137. The maximum Gasteiger partial charge on any atom is 0.329 e. The summed E-state index contributed by atoms with van der Waals surface area (Å²) in [6.45, 7) is 6.03. The number of amides is 2. The van der Waals surface area contributed by atoms with Gasteiger partial charge in [0.2, 0.25) is 0 Å². The van der Waals surface area contributed by atoms with Crippen LogP contribution in [0.3, 0.4) is 0 Å². The predicted octanol–water partition coefficient (Wildman–Crippen LogP) is -0.134. The minimum absolute atomic E-state index is 0.244. The average Bonchev–Trinajstić information content (AvgIpc) is 2.03.